The Balaban J connectivity index is 1.26. The standard InChI is InChI=1S/C38H51N5O3/c1-26-19-31(11-12-33(26)46-6)38-16-13-37(14-17-38,15-18-38)24-42(35(45)29-9-7-28(8-10-29)20-27(2)44)34-21-32(39-25-40-34)30-22-41-43(23-30)36(3,4)5/h11-12,19,21-23,25,28-29H,7-10,13-18,20,24H2,1-6H3. The van der Waals surface area contributed by atoms with E-state index < -0.39 is 0 Å². The third-order valence-electron chi connectivity index (χ3n) is 11.4. The molecule has 4 saturated carbocycles. The summed E-state index contributed by atoms with van der Waals surface area (Å²) >= 11 is 0. The average Bonchev–Trinajstić information content (AvgIpc) is 3.56. The lowest BCUT2D eigenvalue weighted by molar-refractivity contribution is -0.124. The summed E-state index contributed by atoms with van der Waals surface area (Å²) in [6.07, 6.45) is 16.3. The number of ketones is 1. The molecule has 1 amide bonds. The van der Waals surface area contributed by atoms with Gasteiger partial charge in [0.25, 0.3) is 0 Å². The number of methoxy groups -OCH3 is 1. The Morgan fingerprint density at radius 1 is 1.00 bits per heavy atom. The molecule has 2 heterocycles. The quantitative estimate of drug-likeness (QED) is 0.241. The van der Waals surface area contributed by atoms with E-state index in [0.29, 0.717) is 24.7 Å². The van der Waals surface area contributed by atoms with Crippen LogP contribution < -0.4 is 9.64 Å². The summed E-state index contributed by atoms with van der Waals surface area (Å²) in [7, 11) is 1.74. The highest BCUT2D eigenvalue weighted by Crippen LogP contribution is 2.58. The highest BCUT2D eigenvalue weighted by atomic mass is 16.5. The minimum Gasteiger partial charge on any atom is -0.496 e. The molecule has 8 heteroatoms. The SMILES string of the molecule is COc1ccc(C23CCC(CN(C(=O)C4CCC(CC(C)=O)CC4)c4cc(-c5cnn(C(C)(C)C)c5)ncn4)(CC2)CC3)cc1C. The Bertz CT molecular complexity index is 1550. The second kappa shape index (κ2) is 12.6. The molecule has 46 heavy (non-hydrogen) atoms. The summed E-state index contributed by atoms with van der Waals surface area (Å²) in [6, 6.07) is 8.71. The molecule has 0 spiro atoms. The zero-order chi connectivity index (χ0) is 32.7. The number of anilines is 1. The first-order valence-corrected chi connectivity index (χ1v) is 17.2. The van der Waals surface area contributed by atoms with Crippen molar-refractivity contribution < 1.29 is 14.3 Å². The van der Waals surface area contributed by atoms with Crippen LogP contribution >= 0.6 is 0 Å². The topological polar surface area (TPSA) is 90.2 Å². The molecule has 0 N–H and O–H groups in total. The van der Waals surface area contributed by atoms with Crippen molar-refractivity contribution in [2.24, 2.45) is 17.3 Å². The van der Waals surface area contributed by atoms with Crippen molar-refractivity contribution in [1.82, 2.24) is 19.7 Å². The third-order valence-corrected chi connectivity index (χ3v) is 11.4. The first-order chi connectivity index (χ1) is 21.9. The number of fused-ring (bicyclic) bond motifs is 3. The van der Waals surface area contributed by atoms with E-state index in [9.17, 15) is 9.59 Å². The molecule has 8 nitrogen and oxygen atoms in total. The van der Waals surface area contributed by atoms with Gasteiger partial charge < -0.3 is 9.53 Å². The molecular formula is C38H51N5O3. The zero-order valence-corrected chi connectivity index (χ0v) is 28.6. The molecule has 4 aliphatic rings. The van der Waals surface area contributed by atoms with E-state index in [4.69, 9.17) is 9.72 Å². The van der Waals surface area contributed by atoms with Gasteiger partial charge in [0, 0.05) is 36.7 Å². The van der Waals surface area contributed by atoms with E-state index in [1.54, 1.807) is 20.4 Å². The molecular weight excluding hydrogens is 574 g/mol. The molecule has 0 aliphatic heterocycles. The van der Waals surface area contributed by atoms with E-state index in [2.05, 4.69) is 56.0 Å². The number of amides is 1. The number of carbonyl (C=O) groups is 2. The summed E-state index contributed by atoms with van der Waals surface area (Å²) in [6.45, 7) is 10.9. The van der Waals surface area contributed by atoms with Crippen LogP contribution in [0, 0.1) is 24.2 Å². The predicted molar refractivity (Wildman–Crippen MR) is 181 cm³/mol. The van der Waals surface area contributed by atoms with E-state index in [1.807, 2.05) is 28.0 Å². The second-order valence-electron chi connectivity index (χ2n) is 15.6. The number of hydrogen-bond donors (Lipinski definition) is 0. The maximum absolute atomic E-state index is 14.5. The lowest BCUT2D eigenvalue weighted by atomic mass is 9.51. The number of nitrogens with zero attached hydrogens (tertiary/aromatic N) is 5. The zero-order valence-electron chi connectivity index (χ0n) is 28.6. The van der Waals surface area contributed by atoms with Gasteiger partial charge in [-0.2, -0.15) is 5.10 Å². The molecule has 7 rings (SSSR count). The summed E-state index contributed by atoms with van der Waals surface area (Å²) in [5, 5.41) is 4.59. The first-order valence-electron chi connectivity index (χ1n) is 17.2. The second-order valence-corrected chi connectivity index (χ2v) is 15.6. The van der Waals surface area contributed by atoms with Gasteiger partial charge in [-0.15, -0.1) is 0 Å². The maximum atomic E-state index is 14.5. The van der Waals surface area contributed by atoms with Gasteiger partial charge in [-0.3, -0.25) is 14.4 Å². The largest absolute Gasteiger partial charge is 0.496 e. The molecule has 4 aliphatic carbocycles. The summed E-state index contributed by atoms with van der Waals surface area (Å²) in [5.41, 5.74) is 4.47. The van der Waals surface area contributed by atoms with Crippen molar-refractivity contribution in [3.63, 3.8) is 0 Å². The van der Waals surface area contributed by atoms with Crippen LogP contribution in [0.1, 0.15) is 109 Å². The first kappa shape index (κ1) is 32.4. The van der Waals surface area contributed by atoms with Gasteiger partial charge in [0.05, 0.1) is 24.5 Å². The molecule has 0 unspecified atom stereocenters. The van der Waals surface area contributed by atoms with Crippen molar-refractivity contribution in [3.05, 3.63) is 54.1 Å². The van der Waals surface area contributed by atoms with Crippen molar-refractivity contribution in [3.8, 4) is 17.0 Å². The van der Waals surface area contributed by atoms with Gasteiger partial charge >= 0.3 is 0 Å². The van der Waals surface area contributed by atoms with Crippen molar-refractivity contribution >= 4 is 17.5 Å². The van der Waals surface area contributed by atoms with Gasteiger partial charge in [0.1, 0.15) is 23.7 Å². The van der Waals surface area contributed by atoms with E-state index in [-0.39, 0.29) is 34.0 Å². The van der Waals surface area contributed by atoms with Crippen LogP contribution in [-0.2, 0) is 20.5 Å². The highest BCUT2D eigenvalue weighted by molar-refractivity contribution is 5.94. The van der Waals surface area contributed by atoms with Crippen LogP contribution in [0.5, 0.6) is 5.75 Å². The fraction of sp³-hybridized carbons (Fsp3) is 0.605. The Morgan fingerprint density at radius 2 is 1.70 bits per heavy atom. The lowest BCUT2D eigenvalue weighted by Gasteiger charge is -2.55. The fourth-order valence-corrected chi connectivity index (χ4v) is 8.46. The Morgan fingerprint density at radius 3 is 2.28 bits per heavy atom. The van der Waals surface area contributed by atoms with Gasteiger partial charge in [-0.1, -0.05) is 12.1 Å². The normalized spacial score (nSPS) is 26.1. The van der Waals surface area contributed by atoms with Gasteiger partial charge in [-0.25, -0.2) is 9.97 Å². The Labute approximate surface area is 274 Å². The summed E-state index contributed by atoms with van der Waals surface area (Å²) in [4.78, 5) is 37.6. The van der Waals surface area contributed by atoms with Crippen LogP contribution in [0.15, 0.2) is 43.0 Å². The van der Waals surface area contributed by atoms with E-state index in [0.717, 1.165) is 81.2 Å². The molecule has 0 atom stereocenters. The average molecular weight is 626 g/mol. The van der Waals surface area contributed by atoms with Crippen LogP contribution in [0.25, 0.3) is 11.3 Å². The Hall–Kier alpha value is -3.55. The molecule has 2 aromatic heterocycles. The van der Waals surface area contributed by atoms with Gasteiger partial charge in [-0.05, 0) is 133 Å². The number of ether oxygens (including phenoxy) is 1. The fourth-order valence-electron chi connectivity index (χ4n) is 8.46. The van der Waals surface area contributed by atoms with Crippen LogP contribution in [-0.4, -0.2) is 45.1 Å². The minimum atomic E-state index is -0.141. The van der Waals surface area contributed by atoms with Crippen LogP contribution in [0.4, 0.5) is 5.82 Å². The number of aryl methyl sites for hydroxylation is 1. The van der Waals surface area contributed by atoms with Crippen molar-refractivity contribution in [1.29, 1.82) is 0 Å². The smallest absolute Gasteiger partial charge is 0.231 e. The number of Topliss-reactive ketones (excluding diaryl/α,β-unsaturated/α-hetero) is 1. The summed E-state index contributed by atoms with van der Waals surface area (Å²) in [5.74, 6) is 2.40. The monoisotopic (exact) mass is 625 g/mol. The highest BCUT2D eigenvalue weighted by Gasteiger charge is 2.51. The van der Waals surface area contributed by atoms with Gasteiger partial charge in [0.15, 0.2) is 0 Å². The van der Waals surface area contributed by atoms with Crippen molar-refractivity contribution in [2.75, 3.05) is 18.6 Å². The van der Waals surface area contributed by atoms with E-state index in [1.165, 1.54) is 11.1 Å². The minimum absolute atomic E-state index is 0.0461. The molecule has 1 aromatic carbocycles. The molecule has 0 radical (unpaired) electrons. The lowest BCUT2D eigenvalue weighted by Crippen LogP contribution is -2.52. The van der Waals surface area contributed by atoms with Crippen LogP contribution in [0.3, 0.4) is 0 Å². The molecule has 2 bridgehead atoms. The number of carbonyl (C=O) groups excluding carboxylic acids is 2. The van der Waals surface area contributed by atoms with E-state index >= 15 is 0 Å². The van der Waals surface area contributed by atoms with Crippen LogP contribution in [0.2, 0.25) is 0 Å². The number of hydrogen-bond acceptors (Lipinski definition) is 6. The number of aromatic nitrogens is 4. The molecule has 3 aromatic rings. The van der Waals surface area contributed by atoms with Gasteiger partial charge in [0.2, 0.25) is 5.91 Å². The molecule has 246 valence electrons. The number of benzene rings is 1. The molecule has 4 fully saturated rings. The summed E-state index contributed by atoms with van der Waals surface area (Å²) < 4.78 is 7.50. The third kappa shape index (κ3) is 6.50. The van der Waals surface area contributed by atoms with Crippen molar-refractivity contribution in [2.45, 2.75) is 116 Å². The predicted octanol–water partition coefficient (Wildman–Crippen LogP) is 7.82. The number of rotatable bonds is 9. The maximum Gasteiger partial charge on any atom is 0.231 e. The molecule has 0 saturated heterocycles. The Kier molecular flexibility index (Phi) is 8.85.